The molecule has 19 heavy (non-hydrogen) atoms. The fraction of sp³-hybridized carbons (Fsp3) is 0.643. The number of carbonyl (C=O) groups excluding carboxylic acids is 1. The van der Waals surface area contributed by atoms with Crippen molar-refractivity contribution in [2.24, 2.45) is 13.0 Å². The molecule has 1 N–H and O–H groups in total. The highest BCUT2D eigenvalue weighted by Crippen LogP contribution is 2.14. The van der Waals surface area contributed by atoms with Crippen LogP contribution in [-0.4, -0.2) is 53.3 Å². The summed E-state index contributed by atoms with van der Waals surface area (Å²) < 4.78 is 7.47. The molecule has 0 aromatic carbocycles. The van der Waals surface area contributed by atoms with Gasteiger partial charge < -0.3 is 14.4 Å². The molecule has 106 valence electrons. The minimum Gasteiger partial charge on any atom is -0.396 e. The first-order valence-electron chi connectivity index (χ1n) is 6.67. The van der Waals surface area contributed by atoms with Gasteiger partial charge in [0.1, 0.15) is 0 Å². The summed E-state index contributed by atoms with van der Waals surface area (Å²) in [5.41, 5.74) is 1.87. The molecule has 0 bridgehead atoms. The van der Waals surface area contributed by atoms with Gasteiger partial charge in [-0.2, -0.15) is 0 Å². The van der Waals surface area contributed by atoms with Crippen LogP contribution in [0.15, 0.2) is 12.3 Å². The number of ketones is 1. The molecule has 0 unspecified atom stereocenters. The highest BCUT2D eigenvalue weighted by molar-refractivity contribution is 5.94. The molecule has 1 aromatic rings. The van der Waals surface area contributed by atoms with Gasteiger partial charge >= 0.3 is 0 Å². The first-order valence-corrected chi connectivity index (χ1v) is 6.67. The van der Waals surface area contributed by atoms with Crippen molar-refractivity contribution >= 4 is 5.78 Å². The Bertz CT molecular complexity index is 442. The number of ether oxygens (including phenoxy) is 1. The minimum absolute atomic E-state index is 0.0919. The van der Waals surface area contributed by atoms with Crippen molar-refractivity contribution in [2.75, 3.05) is 32.9 Å². The molecule has 1 atom stereocenters. The molecule has 5 heteroatoms. The SMILES string of the molecule is CC(=O)c1cc(CN2CCOC[C@@H](CO)C2)n(C)c1. The average Bonchev–Trinajstić information content (AvgIpc) is 2.61. The summed E-state index contributed by atoms with van der Waals surface area (Å²) in [5.74, 6) is 0.268. The van der Waals surface area contributed by atoms with Crippen LogP contribution in [0.3, 0.4) is 0 Å². The van der Waals surface area contributed by atoms with E-state index < -0.39 is 0 Å². The number of hydrogen-bond acceptors (Lipinski definition) is 4. The third-order valence-corrected chi connectivity index (χ3v) is 3.58. The van der Waals surface area contributed by atoms with Gasteiger partial charge in [0.15, 0.2) is 5.78 Å². The molecule has 1 aliphatic rings. The van der Waals surface area contributed by atoms with E-state index in [-0.39, 0.29) is 18.3 Å². The smallest absolute Gasteiger partial charge is 0.161 e. The van der Waals surface area contributed by atoms with E-state index >= 15 is 0 Å². The standard InChI is InChI=1S/C14H22N2O3/c1-11(18)13-5-14(15(2)7-13)8-16-3-4-19-10-12(6-16)9-17/h5,7,12,17H,3-4,6,8-10H2,1-2H3/t12-/m1/s1. The Labute approximate surface area is 113 Å². The van der Waals surface area contributed by atoms with E-state index in [2.05, 4.69) is 4.90 Å². The van der Waals surface area contributed by atoms with Crippen LogP contribution >= 0.6 is 0 Å². The van der Waals surface area contributed by atoms with Gasteiger partial charge in [0.25, 0.3) is 0 Å². The molecule has 2 heterocycles. The fourth-order valence-corrected chi connectivity index (χ4v) is 2.40. The molecule has 5 nitrogen and oxygen atoms in total. The van der Waals surface area contributed by atoms with Crippen LogP contribution in [0, 0.1) is 5.92 Å². The lowest BCUT2D eigenvalue weighted by molar-refractivity contribution is 0.0957. The van der Waals surface area contributed by atoms with Gasteiger partial charge in [-0.3, -0.25) is 9.69 Å². The number of aromatic nitrogens is 1. The molecule has 1 aromatic heterocycles. The lowest BCUT2D eigenvalue weighted by Gasteiger charge is -2.22. The molecule has 0 spiro atoms. The molecule has 2 rings (SSSR count). The van der Waals surface area contributed by atoms with Gasteiger partial charge in [-0.05, 0) is 13.0 Å². The van der Waals surface area contributed by atoms with Gasteiger partial charge in [-0.15, -0.1) is 0 Å². The summed E-state index contributed by atoms with van der Waals surface area (Å²) in [4.78, 5) is 13.6. The van der Waals surface area contributed by atoms with Gasteiger partial charge in [0, 0.05) is 56.7 Å². The lowest BCUT2D eigenvalue weighted by Crippen LogP contribution is -2.31. The Kier molecular flexibility index (Phi) is 4.74. The molecule has 0 saturated carbocycles. The fourth-order valence-electron chi connectivity index (χ4n) is 2.40. The highest BCUT2D eigenvalue weighted by Gasteiger charge is 2.19. The van der Waals surface area contributed by atoms with Gasteiger partial charge in [-0.25, -0.2) is 0 Å². The van der Waals surface area contributed by atoms with Crippen molar-refractivity contribution in [3.8, 4) is 0 Å². The third-order valence-electron chi connectivity index (χ3n) is 3.58. The number of carbonyl (C=O) groups is 1. The zero-order valence-electron chi connectivity index (χ0n) is 11.6. The van der Waals surface area contributed by atoms with Crippen LogP contribution in [0.4, 0.5) is 0 Å². The Morgan fingerprint density at radius 1 is 1.58 bits per heavy atom. The second kappa shape index (κ2) is 6.32. The number of aliphatic hydroxyl groups excluding tert-OH is 1. The molecule has 1 aliphatic heterocycles. The van der Waals surface area contributed by atoms with Crippen LogP contribution in [0.5, 0.6) is 0 Å². The third kappa shape index (κ3) is 3.65. The Morgan fingerprint density at radius 2 is 2.37 bits per heavy atom. The van der Waals surface area contributed by atoms with E-state index in [1.807, 2.05) is 23.9 Å². The van der Waals surface area contributed by atoms with E-state index in [0.717, 1.165) is 30.9 Å². The van der Waals surface area contributed by atoms with Crippen LogP contribution in [0.25, 0.3) is 0 Å². The summed E-state index contributed by atoms with van der Waals surface area (Å²) in [6.07, 6.45) is 1.87. The topological polar surface area (TPSA) is 54.7 Å². The van der Waals surface area contributed by atoms with Crippen molar-refractivity contribution in [1.29, 1.82) is 0 Å². The van der Waals surface area contributed by atoms with E-state index in [0.29, 0.717) is 13.2 Å². The Balaban J connectivity index is 2.04. The van der Waals surface area contributed by atoms with Gasteiger partial charge in [0.05, 0.1) is 13.2 Å². The predicted octanol–water partition coefficient (Wildman–Crippen LogP) is 0.668. The number of aryl methyl sites for hydroxylation is 1. The molecular weight excluding hydrogens is 244 g/mol. The van der Waals surface area contributed by atoms with Gasteiger partial charge in [0.2, 0.25) is 0 Å². The van der Waals surface area contributed by atoms with E-state index in [1.165, 1.54) is 0 Å². The van der Waals surface area contributed by atoms with E-state index in [9.17, 15) is 9.90 Å². The second-order valence-electron chi connectivity index (χ2n) is 5.25. The van der Waals surface area contributed by atoms with Crippen molar-refractivity contribution in [3.05, 3.63) is 23.5 Å². The van der Waals surface area contributed by atoms with Crippen LogP contribution in [0.1, 0.15) is 23.0 Å². The van der Waals surface area contributed by atoms with Crippen molar-refractivity contribution in [2.45, 2.75) is 13.5 Å². The first-order chi connectivity index (χ1) is 9.10. The molecule has 1 fully saturated rings. The monoisotopic (exact) mass is 266 g/mol. The summed E-state index contributed by atoms with van der Waals surface area (Å²) in [7, 11) is 1.96. The maximum atomic E-state index is 11.4. The summed E-state index contributed by atoms with van der Waals surface area (Å²) in [6.45, 7) is 5.53. The zero-order chi connectivity index (χ0) is 13.8. The predicted molar refractivity (Wildman–Crippen MR) is 72.1 cm³/mol. The Hall–Kier alpha value is -1.17. The number of rotatable bonds is 4. The number of aliphatic hydroxyl groups is 1. The number of Topliss-reactive ketones (excluding diaryl/α,β-unsaturated/α-hetero) is 1. The van der Waals surface area contributed by atoms with Crippen molar-refractivity contribution < 1.29 is 14.6 Å². The maximum absolute atomic E-state index is 11.4. The van der Waals surface area contributed by atoms with E-state index in [4.69, 9.17) is 4.74 Å². The van der Waals surface area contributed by atoms with Crippen molar-refractivity contribution in [1.82, 2.24) is 9.47 Å². The van der Waals surface area contributed by atoms with Crippen LogP contribution in [-0.2, 0) is 18.3 Å². The zero-order valence-corrected chi connectivity index (χ0v) is 11.6. The second-order valence-corrected chi connectivity index (χ2v) is 5.25. The quantitative estimate of drug-likeness (QED) is 0.814. The minimum atomic E-state index is 0.0919. The highest BCUT2D eigenvalue weighted by atomic mass is 16.5. The van der Waals surface area contributed by atoms with E-state index in [1.54, 1.807) is 6.92 Å². The molecule has 0 radical (unpaired) electrons. The molecule has 1 saturated heterocycles. The lowest BCUT2D eigenvalue weighted by atomic mass is 10.1. The first kappa shape index (κ1) is 14.2. The summed E-state index contributed by atoms with van der Waals surface area (Å²) in [6, 6.07) is 1.95. The summed E-state index contributed by atoms with van der Waals surface area (Å²) in [5, 5.41) is 9.27. The largest absolute Gasteiger partial charge is 0.396 e. The van der Waals surface area contributed by atoms with Crippen LogP contribution < -0.4 is 0 Å². The van der Waals surface area contributed by atoms with Crippen LogP contribution in [0.2, 0.25) is 0 Å². The molecular formula is C14H22N2O3. The Morgan fingerprint density at radius 3 is 3.00 bits per heavy atom. The average molecular weight is 266 g/mol. The normalized spacial score (nSPS) is 21.3. The van der Waals surface area contributed by atoms with Gasteiger partial charge in [-0.1, -0.05) is 0 Å². The summed E-state index contributed by atoms with van der Waals surface area (Å²) >= 11 is 0. The van der Waals surface area contributed by atoms with Crippen molar-refractivity contribution in [3.63, 3.8) is 0 Å². The molecule has 0 amide bonds. The number of hydrogen-bond donors (Lipinski definition) is 1. The maximum Gasteiger partial charge on any atom is 0.161 e. The molecule has 0 aliphatic carbocycles. The number of nitrogens with zero attached hydrogens (tertiary/aromatic N) is 2.